The van der Waals surface area contributed by atoms with Gasteiger partial charge >= 0.3 is 35.5 Å². The second-order valence-corrected chi connectivity index (χ2v) is 4.31. The minimum absolute atomic E-state index is 0. The SMILES string of the molecule is COc1ccc2oc3cc(C(=O)O)ccc3c(=O)c2c1.[NaH]. The third-order valence-corrected chi connectivity index (χ3v) is 3.12. The number of carbonyl (C=O) groups is 1. The first-order chi connectivity index (χ1) is 9.60. The molecule has 0 aliphatic heterocycles. The Kier molecular flexibility index (Phi) is 4.37. The van der Waals surface area contributed by atoms with E-state index in [-0.39, 0.29) is 46.1 Å². The van der Waals surface area contributed by atoms with Crippen LogP contribution in [0.5, 0.6) is 5.75 Å². The van der Waals surface area contributed by atoms with Crippen molar-refractivity contribution in [3.8, 4) is 5.75 Å². The van der Waals surface area contributed by atoms with Crippen molar-refractivity contribution in [1.82, 2.24) is 0 Å². The number of ether oxygens (including phenoxy) is 1. The van der Waals surface area contributed by atoms with Crippen molar-refractivity contribution >= 4 is 57.5 Å². The van der Waals surface area contributed by atoms with Crippen molar-refractivity contribution in [2.75, 3.05) is 7.11 Å². The minimum atomic E-state index is -1.07. The fourth-order valence-electron chi connectivity index (χ4n) is 2.09. The van der Waals surface area contributed by atoms with Gasteiger partial charge < -0.3 is 14.3 Å². The van der Waals surface area contributed by atoms with E-state index >= 15 is 0 Å². The molecule has 0 atom stereocenters. The molecule has 2 aromatic carbocycles. The van der Waals surface area contributed by atoms with Crippen molar-refractivity contribution in [3.63, 3.8) is 0 Å². The van der Waals surface area contributed by atoms with E-state index in [2.05, 4.69) is 0 Å². The normalized spacial score (nSPS) is 10.3. The summed E-state index contributed by atoms with van der Waals surface area (Å²) in [6, 6.07) is 9.10. The van der Waals surface area contributed by atoms with Crippen LogP contribution in [0.3, 0.4) is 0 Å². The predicted molar refractivity (Wildman–Crippen MR) is 80.7 cm³/mol. The molecule has 3 rings (SSSR count). The van der Waals surface area contributed by atoms with Crippen molar-refractivity contribution in [2.24, 2.45) is 0 Å². The monoisotopic (exact) mass is 294 g/mol. The second-order valence-electron chi connectivity index (χ2n) is 4.31. The number of hydrogen-bond acceptors (Lipinski definition) is 4. The van der Waals surface area contributed by atoms with Crippen LogP contribution in [0.1, 0.15) is 10.4 Å². The Morgan fingerprint density at radius 1 is 1.10 bits per heavy atom. The maximum atomic E-state index is 12.4. The molecule has 3 aromatic rings. The molecule has 0 aliphatic carbocycles. The van der Waals surface area contributed by atoms with Gasteiger partial charge in [0.2, 0.25) is 5.43 Å². The van der Waals surface area contributed by atoms with Gasteiger partial charge in [0.1, 0.15) is 16.9 Å². The van der Waals surface area contributed by atoms with Crippen LogP contribution in [0.4, 0.5) is 0 Å². The van der Waals surface area contributed by atoms with Gasteiger partial charge in [0.05, 0.1) is 23.4 Å². The van der Waals surface area contributed by atoms with Crippen LogP contribution in [-0.2, 0) is 0 Å². The summed E-state index contributed by atoms with van der Waals surface area (Å²) in [7, 11) is 1.52. The van der Waals surface area contributed by atoms with Gasteiger partial charge in [-0.05, 0) is 36.4 Å². The van der Waals surface area contributed by atoms with Crippen LogP contribution >= 0.6 is 0 Å². The Hall–Kier alpha value is -1.82. The quantitative estimate of drug-likeness (QED) is 0.578. The van der Waals surface area contributed by atoms with E-state index < -0.39 is 5.97 Å². The summed E-state index contributed by atoms with van der Waals surface area (Å²) in [6.45, 7) is 0. The van der Waals surface area contributed by atoms with Crippen LogP contribution in [0.2, 0.25) is 0 Å². The fraction of sp³-hybridized carbons (Fsp3) is 0.0667. The summed E-state index contributed by atoms with van der Waals surface area (Å²) in [5, 5.41) is 9.70. The predicted octanol–water partition coefficient (Wildman–Crippen LogP) is 2.00. The Bertz CT molecular complexity index is 898. The molecule has 21 heavy (non-hydrogen) atoms. The van der Waals surface area contributed by atoms with Gasteiger partial charge in [0, 0.05) is 0 Å². The molecule has 1 N–H and O–H groups in total. The summed E-state index contributed by atoms with van der Waals surface area (Å²) in [4.78, 5) is 23.3. The molecule has 0 saturated carbocycles. The van der Waals surface area contributed by atoms with Gasteiger partial charge in [-0.3, -0.25) is 4.79 Å². The Labute approximate surface area is 141 Å². The summed E-state index contributed by atoms with van der Waals surface area (Å²) < 4.78 is 10.7. The number of aromatic carboxylic acids is 1. The zero-order valence-corrected chi connectivity index (χ0v) is 10.5. The number of hydrogen-bond donors (Lipinski definition) is 1. The average Bonchev–Trinajstić information content (AvgIpc) is 2.46. The van der Waals surface area contributed by atoms with Crippen molar-refractivity contribution in [1.29, 1.82) is 0 Å². The Morgan fingerprint density at radius 2 is 1.86 bits per heavy atom. The van der Waals surface area contributed by atoms with Crippen LogP contribution in [-0.4, -0.2) is 47.7 Å². The average molecular weight is 294 g/mol. The molecule has 1 heterocycles. The van der Waals surface area contributed by atoms with E-state index in [9.17, 15) is 9.59 Å². The third-order valence-electron chi connectivity index (χ3n) is 3.12. The summed E-state index contributed by atoms with van der Waals surface area (Å²) in [5.41, 5.74) is 0.518. The molecule has 0 radical (unpaired) electrons. The Morgan fingerprint density at radius 3 is 2.52 bits per heavy atom. The molecule has 102 valence electrons. The van der Waals surface area contributed by atoms with Crippen LogP contribution < -0.4 is 10.2 Å². The third kappa shape index (κ3) is 2.68. The number of rotatable bonds is 2. The fourth-order valence-corrected chi connectivity index (χ4v) is 2.09. The van der Waals surface area contributed by atoms with Crippen LogP contribution in [0.25, 0.3) is 21.9 Å². The van der Waals surface area contributed by atoms with Gasteiger partial charge in [-0.2, -0.15) is 0 Å². The summed E-state index contributed by atoms with van der Waals surface area (Å²) >= 11 is 0. The molecule has 0 amide bonds. The zero-order valence-electron chi connectivity index (χ0n) is 10.5. The van der Waals surface area contributed by atoms with E-state index in [1.54, 1.807) is 18.2 Å². The molecule has 0 bridgehead atoms. The topological polar surface area (TPSA) is 76.7 Å². The molecule has 0 spiro atoms. The van der Waals surface area contributed by atoms with Crippen molar-refractivity contribution in [3.05, 3.63) is 52.2 Å². The molecule has 1 aromatic heterocycles. The van der Waals surface area contributed by atoms with Gasteiger partial charge in [-0.25, -0.2) is 4.79 Å². The number of methoxy groups -OCH3 is 1. The van der Waals surface area contributed by atoms with Gasteiger partial charge in [-0.1, -0.05) is 0 Å². The van der Waals surface area contributed by atoms with Gasteiger partial charge in [0.15, 0.2) is 0 Å². The molecule has 0 aliphatic rings. The van der Waals surface area contributed by atoms with E-state index in [1.807, 2.05) is 0 Å². The molecule has 0 unspecified atom stereocenters. The molecule has 0 fully saturated rings. The standard InChI is InChI=1S/C15H10O5.Na.H/c1-19-9-3-5-12-11(7-9)14(16)10-4-2-8(15(17)18)6-13(10)20-12;;/h2-7H,1H3,(H,17,18);;. The second kappa shape index (κ2) is 5.89. The number of benzene rings is 2. The van der Waals surface area contributed by atoms with Crippen molar-refractivity contribution in [2.45, 2.75) is 0 Å². The van der Waals surface area contributed by atoms with Gasteiger partial charge in [0.25, 0.3) is 0 Å². The number of carboxylic acids is 1. The van der Waals surface area contributed by atoms with E-state index in [0.717, 1.165) is 0 Å². The molecular formula is C15H11NaO5. The number of fused-ring (bicyclic) bond motifs is 2. The maximum absolute atomic E-state index is 12.4. The molecule has 0 saturated heterocycles. The van der Waals surface area contributed by atoms with Crippen LogP contribution in [0, 0.1) is 0 Å². The van der Waals surface area contributed by atoms with E-state index in [4.69, 9.17) is 14.3 Å². The Balaban J connectivity index is 0.00000161. The van der Waals surface area contributed by atoms with E-state index in [1.165, 1.54) is 25.3 Å². The summed E-state index contributed by atoms with van der Waals surface area (Å²) in [6.07, 6.45) is 0. The van der Waals surface area contributed by atoms with Crippen molar-refractivity contribution < 1.29 is 19.1 Å². The molecule has 6 heteroatoms. The first-order valence-corrected chi connectivity index (χ1v) is 5.88. The first kappa shape index (κ1) is 15.6. The van der Waals surface area contributed by atoms with Crippen LogP contribution in [0.15, 0.2) is 45.6 Å². The molecule has 5 nitrogen and oxygen atoms in total. The summed E-state index contributed by atoms with van der Waals surface area (Å²) in [5.74, 6) is -0.504. The zero-order chi connectivity index (χ0) is 14.3. The van der Waals surface area contributed by atoms with Gasteiger partial charge in [-0.15, -0.1) is 0 Å². The molecular weight excluding hydrogens is 283 g/mol. The first-order valence-electron chi connectivity index (χ1n) is 5.88. The number of carboxylic acid groups (broad SMARTS) is 1. The van der Waals surface area contributed by atoms with E-state index in [0.29, 0.717) is 22.1 Å².